The molecule has 0 radical (unpaired) electrons. The van der Waals surface area contributed by atoms with E-state index >= 15 is 0 Å². The van der Waals surface area contributed by atoms with E-state index in [4.69, 9.17) is 5.73 Å². The number of carbonyl (C=O) groups excluding carboxylic acids is 1. The summed E-state index contributed by atoms with van der Waals surface area (Å²) in [5.41, 5.74) is 11.3. The quantitative estimate of drug-likeness (QED) is 0.673. The maximum absolute atomic E-state index is 12.7. The summed E-state index contributed by atoms with van der Waals surface area (Å²) in [6.07, 6.45) is 1.80. The van der Waals surface area contributed by atoms with Crippen molar-refractivity contribution in [3.63, 3.8) is 0 Å². The number of rotatable bonds is 4. The predicted molar refractivity (Wildman–Crippen MR) is 84.2 cm³/mol. The average molecular weight is 267 g/mol. The molecule has 20 heavy (non-hydrogen) atoms. The van der Waals surface area contributed by atoms with Crippen LogP contribution in [0.5, 0.6) is 0 Å². The molecule has 0 spiro atoms. The Morgan fingerprint density at radius 1 is 1.05 bits per heavy atom. The summed E-state index contributed by atoms with van der Waals surface area (Å²) >= 11 is 0. The fourth-order valence-electron chi connectivity index (χ4n) is 2.34. The van der Waals surface area contributed by atoms with Crippen LogP contribution >= 0.6 is 0 Å². The maximum Gasteiger partial charge on any atom is 0.193 e. The molecule has 2 aromatic rings. The molecule has 0 aromatic heterocycles. The fraction of sp³-hybridized carbons (Fsp3) is 0.278. The van der Waals surface area contributed by atoms with Gasteiger partial charge in [-0.05, 0) is 60.7 Å². The first-order valence-corrected chi connectivity index (χ1v) is 7.09. The van der Waals surface area contributed by atoms with Crippen molar-refractivity contribution in [3.8, 4) is 0 Å². The van der Waals surface area contributed by atoms with Crippen molar-refractivity contribution in [2.45, 2.75) is 33.6 Å². The van der Waals surface area contributed by atoms with Gasteiger partial charge in [0.25, 0.3) is 0 Å². The second kappa shape index (κ2) is 5.91. The highest BCUT2D eigenvalue weighted by Crippen LogP contribution is 2.20. The SMILES string of the molecule is CCc1ccc(CC)c(C(=O)c2ccc(N)c(C)c2)c1. The zero-order valence-corrected chi connectivity index (χ0v) is 12.4. The molecule has 2 rings (SSSR count). The third kappa shape index (κ3) is 2.74. The largest absolute Gasteiger partial charge is 0.399 e. The Balaban J connectivity index is 2.48. The van der Waals surface area contributed by atoms with E-state index in [0.717, 1.165) is 35.2 Å². The van der Waals surface area contributed by atoms with E-state index in [0.29, 0.717) is 5.56 Å². The van der Waals surface area contributed by atoms with Crippen molar-refractivity contribution >= 4 is 11.5 Å². The number of aryl methyl sites for hydroxylation is 3. The molecule has 0 aliphatic heterocycles. The Morgan fingerprint density at radius 2 is 1.80 bits per heavy atom. The van der Waals surface area contributed by atoms with Gasteiger partial charge in [-0.3, -0.25) is 4.79 Å². The Kier molecular flexibility index (Phi) is 4.23. The number of anilines is 1. The predicted octanol–water partition coefficient (Wildman–Crippen LogP) is 3.93. The van der Waals surface area contributed by atoms with Gasteiger partial charge in [-0.1, -0.05) is 26.0 Å². The monoisotopic (exact) mass is 267 g/mol. The highest BCUT2D eigenvalue weighted by Gasteiger charge is 2.14. The van der Waals surface area contributed by atoms with Crippen LogP contribution in [0.25, 0.3) is 0 Å². The molecule has 0 saturated carbocycles. The van der Waals surface area contributed by atoms with Gasteiger partial charge < -0.3 is 5.73 Å². The Morgan fingerprint density at radius 3 is 2.40 bits per heavy atom. The first kappa shape index (κ1) is 14.3. The van der Waals surface area contributed by atoms with E-state index in [1.54, 1.807) is 6.07 Å². The molecular formula is C18H21NO. The van der Waals surface area contributed by atoms with Gasteiger partial charge in [0.15, 0.2) is 5.78 Å². The average Bonchev–Trinajstić information content (AvgIpc) is 2.48. The van der Waals surface area contributed by atoms with Crippen LogP contribution in [0.2, 0.25) is 0 Å². The minimum absolute atomic E-state index is 0.0836. The molecule has 2 nitrogen and oxygen atoms in total. The third-order valence-electron chi connectivity index (χ3n) is 3.74. The van der Waals surface area contributed by atoms with Crippen LogP contribution in [0, 0.1) is 6.92 Å². The molecule has 0 fully saturated rings. The van der Waals surface area contributed by atoms with E-state index in [1.807, 2.05) is 25.1 Å². The van der Waals surface area contributed by atoms with E-state index < -0.39 is 0 Å². The number of hydrogen-bond donors (Lipinski definition) is 1. The molecule has 0 bridgehead atoms. The Bertz CT molecular complexity index is 644. The van der Waals surface area contributed by atoms with Gasteiger partial charge in [0.05, 0.1) is 0 Å². The molecule has 0 aliphatic rings. The van der Waals surface area contributed by atoms with Gasteiger partial charge >= 0.3 is 0 Å². The number of nitrogens with two attached hydrogens (primary N) is 1. The third-order valence-corrected chi connectivity index (χ3v) is 3.74. The second-order valence-corrected chi connectivity index (χ2v) is 5.10. The summed E-state index contributed by atoms with van der Waals surface area (Å²) < 4.78 is 0. The molecule has 0 amide bonds. The molecule has 0 heterocycles. The van der Waals surface area contributed by atoms with Gasteiger partial charge in [-0.15, -0.1) is 0 Å². The lowest BCUT2D eigenvalue weighted by molar-refractivity contribution is 0.103. The maximum atomic E-state index is 12.7. The molecule has 0 atom stereocenters. The summed E-state index contributed by atoms with van der Waals surface area (Å²) in [4.78, 5) is 12.7. The molecule has 0 saturated heterocycles. The van der Waals surface area contributed by atoms with Crippen LogP contribution < -0.4 is 5.73 Å². The van der Waals surface area contributed by atoms with E-state index in [9.17, 15) is 4.79 Å². The number of ketones is 1. The van der Waals surface area contributed by atoms with Gasteiger partial charge in [0.1, 0.15) is 0 Å². The summed E-state index contributed by atoms with van der Waals surface area (Å²) in [6.45, 7) is 6.10. The van der Waals surface area contributed by atoms with Crippen molar-refractivity contribution in [2.75, 3.05) is 5.73 Å². The molecule has 0 unspecified atom stereocenters. The first-order chi connectivity index (χ1) is 9.56. The van der Waals surface area contributed by atoms with Crippen LogP contribution in [-0.2, 0) is 12.8 Å². The second-order valence-electron chi connectivity index (χ2n) is 5.10. The summed E-state index contributed by atoms with van der Waals surface area (Å²) in [6, 6.07) is 11.7. The van der Waals surface area contributed by atoms with Crippen molar-refractivity contribution in [3.05, 3.63) is 64.2 Å². The van der Waals surface area contributed by atoms with E-state index in [1.165, 1.54) is 5.56 Å². The number of hydrogen-bond acceptors (Lipinski definition) is 2. The van der Waals surface area contributed by atoms with Crippen molar-refractivity contribution in [1.82, 2.24) is 0 Å². The van der Waals surface area contributed by atoms with Gasteiger partial charge in [0, 0.05) is 16.8 Å². The van der Waals surface area contributed by atoms with Gasteiger partial charge in [-0.25, -0.2) is 0 Å². The van der Waals surface area contributed by atoms with Gasteiger partial charge in [-0.2, -0.15) is 0 Å². The minimum atomic E-state index is 0.0836. The lowest BCUT2D eigenvalue weighted by Gasteiger charge is -2.10. The lowest BCUT2D eigenvalue weighted by Crippen LogP contribution is -2.07. The van der Waals surface area contributed by atoms with Crippen LogP contribution in [0.15, 0.2) is 36.4 Å². The molecule has 2 N–H and O–H groups in total. The summed E-state index contributed by atoms with van der Waals surface area (Å²) in [7, 11) is 0. The zero-order chi connectivity index (χ0) is 14.7. The van der Waals surface area contributed by atoms with Crippen LogP contribution in [0.3, 0.4) is 0 Å². The highest BCUT2D eigenvalue weighted by molar-refractivity contribution is 6.10. The molecule has 2 aromatic carbocycles. The zero-order valence-electron chi connectivity index (χ0n) is 12.4. The first-order valence-electron chi connectivity index (χ1n) is 7.09. The van der Waals surface area contributed by atoms with Crippen molar-refractivity contribution in [2.24, 2.45) is 0 Å². The van der Waals surface area contributed by atoms with E-state index in [2.05, 4.69) is 26.0 Å². The van der Waals surface area contributed by atoms with E-state index in [-0.39, 0.29) is 5.78 Å². The summed E-state index contributed by atoms with van der Waals surface area (Å²) in [5, 5.41) is 0. The molecule has 104 valence electrons. The molecule has 0 aliphatic carbocycles. The van der Waals surface area contributed by atoms with Gasteiger partial charge in [0.2, 0.25) is 0 Å². The normalized spacial score (nSPS) is 10.6. The van der Waals surface area contributed by atoms with Crippen molar-refractivity contribution in [1.29, 1.82) is 0 Å². The van der Waals surface area contributed by atoms with Crippen molar-refractivity contribution < 1.29 is 4.79 Å². The smallest absolute Gasteiger partial charge is 0.193 e. The number of nitrogen functional groups attached to an aromatic ring is 1. The number of carbonyl (C=O) groups is 1. The highest BCUT2D eigenvalue weighted by atomic mass is 16.1. The van der Waals surface area contributed by atoms with Crippen LogP contribution in [0.1, 0.15) is 46.5 Å². The summed E-state index contributed by atoms with van der Waals surface area (Å²) in [5.74, 6) is 0.0836. The lowest BCUT2D eigenvalue weighted by atomic mass is 9.93. The fourth-order valence-corrected chi connectivity index (χ4v) is 2.34. The minimum Gasteiger partial charge on any atom is -0.399 e. The van der Waals surface area contributed by atoms with Crippen LogP contribution in [-0.4, -0.2) is 5.78 Å². The Hall–Kier alpha value is -2.09. The molecule has 2 heteroatoms. The Labute approximate surface area is 120 Å². The standard InChI is InChI=1S/C18H21NO/c1-4-13-6-7-14(5-2)16(11-13)18(20)15-8-9-17(19)12(3)10-15/h6-11H,4-5,19H2,1-3H3. The number of benzene rings is 2. The topological polar surface area (TPSA) is 43.1 Å². The molecular weight excluding hydrogens is 246 g/mol. The van der Waals surface area contributed by atoms with Crippen LogP contribution in [0.4, 0.5) is 5.69 Å².